The number of aromatic nitrogens is 1. The van der Waals surface area contributed by atoms with Crippen molar-refractivity contribution in [2.75, 3.05) is 0 Å². The topological polar surface area (TPSA) is 4.93 Å². The maximum atomic E-state index is 2.45. The fraction of sp³-hybridized carbons (Fsp3) is 0. The SMILES string of the molecule is c1ccc2c(c1)B(c1ccccc1-c1ccccc1-n1c3ccccc3c3ccccc31)c1ccccc1-c1ccccc1-2. The summed E-state index contributed by atoms with van der Waals surface area (Å²) < 4.78 is 2.45. The minimum absolute atomic E-state index is 0.0669. The van der Waals surface area contributed by atoms with Gasteiger partial charge in [-0.1, -0.05) is 168 Å². The van der Waals surface area contributed by atoms with Gasteiger partial charge in [0.15, 0.2) is 0 Å². The maximum absolute atomic E-state index is 2.45. The normalized spacial score (nSPS) is 12.0. The van der Waals surface area contributed by atoms with E-state index in [4.69, 9.17) is 0 Å². The summed E-state index contributed by atoms with van der Waals surface area (Å²) in [4.78, 5) is 0. The standard InChI is InChI=1S/C42H28BN/c1-2-16-30-29(15-1)31-17-3-9-23-37(31)43(38-24-10-4-18-32(30)38)39-25-11-5-19-33(39)34-20-6-12-26-40(34)44-41-27-13-7-21-35(41)36-22-8-14-28-42(36)44/h1-28H. The molecule has 204 valence electrons. The largest absolute Gasteiger partial charge is 0.309 e. The Hall–Kier alpha value is -5.60. The monoisotopic (exact) mass is 557 g/mol. The van der Waals surface area contributed by atoms with Crippen molar-refractivity contribution < 1.29 is 0 Å². The van der Waals surface area contributed by atoms with Crippen LogP contribution in [0.3, 0.4) is 0 Å². The molecule has 8 aromatic rings. The third-order valence-corrected chi connectivity index (χ3v) is 9.34. The number of para-hydroxylation sites is 3. The van der Waals surface area contributed by atoms with E-state index < -0.39 is 0 Å². The van der Waals surface area contributed by atoms with Gasteiger partial charge in [0, 0.05) is 16.3 Å². The third kappa shape index (κ3) is 3.68. The number of rotatable bonds is 3. The number of hydrogen-bond donors (Lipinski definition) is 0. The van der Waals surface area contributed by atoms with Crippen molar-refractivity contribution in [1.29, 1.82) is 0 Å². The molecule has 0 atom stereocenters. The lowest BCUT2D eigenvalue weighted by Crippen LogP contribution is -2.53. The molecule has 0 fully saturated rings. The molecule has 0 unspecified atom stereocenters. The molecule has 0 aliphatic carbocycles. The molecule has 0 amide bonds. The number of fused-ring (bicyclic) bond motifs is 8. The molecule has 9 rings (SSSR count). The van der Waals surface area contributed by atoms with Crippen LogP contribution in [0.25, 0.3) is 60.9 Å². The van der Waals surface area contributed by atoms with Gasteiger partial charge in [0.1, 0.15) is 0 Å². The second-order valence-corrected chi connectivity index (χ2v) is 11.6. The highest BCUT2D eigenvalue weighted by Crippen LogP contribution is 2.37. The van der Waals surface area contributed by atoms with Gasteiger partial charge in [-0.2, -0.15) is 0 Å². The first-order chi connectivity index (χ1) is 21.9. The predicted molar refractivity (Wildman–Crippen MR) is 188 cm³/mol. The fourth-order valence-electron chi connectivity index (χ4n) is 7.52. The summed E-state index contributed by atoms with van der Waals surface area (Å²) in [6.07, 6.45) is 0. The van der Waals surface area contributed by atoms with Crippen LogP contribution in [0.1, 0.15) is 0 Å². The zero-order valence-electron chi connectivity index (χ0n) is 24.2. The van der Waals surface area contributed by atoms with Gasteiger partial charge in [0.2, 0.25) is 6.71 Å². The molecule has 1 aliphatic rings. The molecule has 0 radical (unpaired) electrons. The predicted octanol–water partition coefficient (Wildman–Crippen LogP) is 8.61. The van der Waals surface area contributed by atoms with Crippen LogP contribution in [0.2, 0.25) is 0 Å². The van der Waals surface area contributed by atoms with Crippen molar-refractivity contribution >= 4 is 44.9 Å². The Balaban J connectivity index is 1.35. The van der Waals surface area contributed by atoms with E-state index in [1.807, 2.05) is 0 Å². The molecular formula is C42H28BN. The number of benzene rings is 7. The first kappa shape index (κ1) is 25.0. The van der Waals surface area contributed by atoms with E-state index in [1.165, 1.54) is 77.3 Å². The van der Waals surface area contributed by atoms with Crippen LogP contribution in [0.5, 0.6) is 0 Å². The Morgan fingerprint density at radius 3 is 1.14 bits per heavy atom. The van der Waals surface area contributed by atoms with Gasteiger partial charge in [0.05, 0.1) is 16.7 Å². The number of nitrogens with zero attached hydrogens (tertiary/aromatic N) is 1. The van der Waals surface area contributed by atoms with E-state index in [-0.39, 0.29) is 6.71 Å². The van der Waals surface area contributed by atoms with Gasteiger partial charge >= 0.3 is 0 Å². The zero-order valence-corrected chi connectivity index (χ0v) is 24.2. The van der Waals surface area contributed by atoms with Crippen molar-refractivity contribution in [2.45, 2.75) is 0 Å². The number of hydrogen-bond acceptors (Lipinski definition) is 0. The van der Waals surface area contributed by atoms with Gasteiger partial charge in [0.25, 0.3) is 0 Å². The lowest BCUT2D eigenvalue weighted by molar-refractivity contribution is 1.18. The van der Waals surface area contributed by atoms with E-state index in [0.717, 1.165) is 0 Å². The van der Waals surface area contributed by atoms with E-state index in [0.29, 0.717) is 0 Å². The molecular weight excluding hydrogens is 529 g/mol. The highest BCUT2D eigenvalue weighted by molar-refractivity contribution is 6.98. The molecule has 7 aromatic carbocycles. The Morgan fingerprint density at radius 1 is 0.295 bits per heavy atom. The minimum atomic E-state index is 0.0669. The lowest BCUT2D eigenvalue weighted by atomic mass is 9.35. The van der Waals surface area contributed by atoms with Gasteiger partial charge in [-0.05, 0) is 46.0 Å². The maximum Gasteiger partial charge on any atom is 0.243 e. The molecule has 0 saturated carbocycles. The first-order valence-electron chi connectivity index (χ1n) is 15.3. The summed E-state index contributed by atoms with van der Waals surface area (Å²) in [5, 5.41) is 2.55. The van der Waals surface area contributed by atoms with Crippen LogP contribution in [0.15, 0.2) is 170 Å². The highest BCUT2D eigenvalue weighted by atomic mass is 15.0. The van der Waals surface area contributed by atoms with Crippen LogP contribution in [0.4, 0.5) is 0 Å². The molecule has 0 N–H and O–H groups in total. The van der Waals surface area contributed by atoms with E-state index >= 15 is 0 Å². The smallest absolute Gasteiger partial charge is 0.243 e. The zero-order chi connectivity index (χ0) is 29.0. The molecule has 0 bridgehead atoms. The van der Waals surface area contributed by atoms with E-state index in [1.54, 1.807) is 0 Å². The van der Waals surface area contributed by atoms with Gasteiger partial charge in [-0.3, -0.25) is 0 Å². The van der Waals surface area contributed by atoms with Crippen LogP contribution < -0.4 is 16.4 Å². The molecule has 2 heterocycles. The summed E-state index contributed by atoms with van der Waals surface area (Å²) in [6, 6.07) is 62.3. The molecule has 0 saturated heterocycles. The van der Waals surface area contributed by atoms with Crippen molar-refractivity contribution in [2.24, 2.45) is 0 Å². The van der Waals surface area contributed by atoms with E-state index in [2.05, 4.69) is 174 Å². The highest BCUT2D eigenvalue weighted by Gasteiger charge is 2.33. The van der Waals surface area contributed by atoms with Gasteiger partial charge in [-0.25, -0.2) is 0 Å². The third-order valence-electron chi connectivity index (χ3n) is 9.34. The van der Waals surface area contributed by atoms with Crippen molar-refractivity contribution in [3.63, 3.8) is 0 Å². The molecule has 0 spiro atoms. The Kier molecular flexibility index (Phi) is 5.67. The summed E-state index contributed by atoms with van der Waals surface area (Å²) in [5.41, 5.74) is 15.3. The molecule has 1 aliphatic heterocycles. The van der Waals surface area contributed by atoms with Gasteiger partial charge < -0.3 is 4.57 Å². The summed E-state index contributed by atoms with van der Waals surface area (Å²) in [7, 11) is 0. The van der Waals surface area contributed by atoms with Crippen LogP contribution in [-0.2, 0) is 0 Å². The summed E-state index contributed by atoms with van der Waals surface area (Å²) >= 11 is 0. The minimum Gasteiger partial charge on any atom is -0.309 e. The van der Waals surface area contributed by atoms with Crippen molar-refractivity contribution in [1.82, 2.24) is 4.57 Å². The second kappa shape index (κ2) is 10.0. The van der Waals surface area contributed by atoms with Crippen LogP contribution >= 0.6 is 0 Å². The van der Waals surface area contributed by atoms with Crippen molar-refractivity contribution in [3.8, 4) is 39.1 Å². The van der Waals surface area contributed by atoms with E-state index in [9.17, 15) is 0 Å². The molecule has 44 heavy (non-hydrogen) atoms. The first-order valence-corrected chi connectivity index (χ1v) is 15.3. The fourth-order valence-corrected chi connectivity index (χ4v) is 7.52. The lowest BCUT2D eigenvalue weighted by Gasteiger charge is -2.23. The molecule has 1 nitrogen and oxygen atoms in total. The molecule has 2 heteroatoms. The Labute approximate surface area is 257 Å². The Bertz CT molecular complexity index is 2240. The molecule has 1 aromatic heterocycles. The van der Waals surface area contributed by atoms with Gasteiger partial charge in [-0.15, -0.1) is 0 Å². The Morgan fingerprint density at radius 2 is 0.636 bits per heavy atom. The van der Waals surface area contributed by atoms with Crippen molar-refractivity contribution in [3.05, 3.63) is 170 Å². The average Bonchev–Trinajstić information content (AvgIpc) is 3.37. The average molecular weight is 558 g/mol. The second-order valence-electron chi connectivity index (χ2n) is 11.6. The quantitative estimate of drug-likeness (QED) is 0.192. The van der Waals surface area contributed by atoms with Crippen LogP contribution in [-0.4, -0.2) is 11.3 Å². The van der Waals surface area contributed by atoms with Crippen LogP contribution in [0, 0.1) is 0 Å². The summed E-state index contributed by atoms with van der Waals surface area (Å²) in [6.45, 7) is 0.0669. The summed E-state index contributed by atoms with van der Waals surface area (Å²) in [5.74, 6) is 0.